The summed E-state index contributed by atoms with van der Waals surface area (Å²) in [7, 11) is 0. The van der Waals surface area contributed by atoms with Crippen molar-refractivity contribution in [3.05, 3.63) is 88.6 Å². The third kappa shape index (κ3) is 5.14. The Morgan fingerprint density at radius 2 is 1.80 bits per heavy atom. The van der Waals surface area contributed by atoms with Gasteiger partial charge in [-0.2, -0.15) is 13.2 Å². The Bertz CT molecular complexity index is 1540. The molecule has 3 amide bonds. The van der Waals surface area contributed by atoms with E-state index in [0.717, 1.165) is 19.1 Å². The van der Waals surface area contributed by atoms with Crippen LogP contribution in [0.25, 0.3) is 11.3 Å². The van der Waals surface area contributed by atoms with Crippen molar-refractivity contribution in [1.29, 1.82) is 0 Å². The zero-order valence-corrected chi connectivity index (χ0v) is 22.0. The number of benzene rings is 2. The molecule has 0 saturated carbocycles. The number of halogens is 5. The number of aromatic nitrogens is 1. The molecule has 3 aromatic rings. The van der Waals surface area contributed by atoms with E-state index in [1.54, 1.807) is 18.2 Å². The molecule has 41 heavy (non-hydrogen) atoms. The quantitative estimate of drug-likeness (QED) is 0.368. The number of hydrogen-bond donors (Lipinski definition) is 0. The molecule has 1 aliphatic heterocycles. The molecular weight excluding hydrogens is 549 g/mol. The summed E-state index contributed by atoms with van der Waals surface area (Å²) in [6.45, 7) is 0.830. The van der Waals surface area contributed by atoms with E-state index in [4.69, 9.17) is 4.74 Å². The molecule has 1 fully saturated rings. The van der Waals surface area contributed by atoms with Crippen molar-refractivity contribution in [3.63, 3.8) is 0 Å². The first kappa shape index (κ1) is 28.2. The third-order valence-corrected chi connectivity index (χ3v) is 7.50. The van der Waals surface area contributed by atoms with Crippen LogP contribution in [-0.4, -0.2) is 51.5 Å². The van der Waals surface area contributed by atoms with Crippen molar-refractivity contribution >= 4 is 17.9 Å². The van der Waals surface area contributed by atoms with E-state index < -0.39 is 60.5 Å². The van der Waals surface area contributed by atoms with Crippen LogP contribution in [0.15, 0.2) is 54.6 Å². The van der Waals surface area contributed by atoms with E-state index in [2.05, 4.69) is 4.98 Å². The molecule has 1 spiro atoms. The van der Waals surface area contributed by atoms with Gasteiger partial charge in [-0.1, -0.05) is 24.3 Å². The first-order valence-electron chi connectivity index (χ1n) is 12.7. The van der Waals surface area contributed by atoms with Gasteiger partial charge in [-0.25, -0.2) is 18.5 Å². The molecule has 2 aromatic carbocycles. The fourth-order valence-corrected chi connectivity index (χ4v) is 5.15. The Morgan fingerprint density at radius 1 is 1.10 bits per heavy atom. The van der Waals surface area contributed by atoms with Gasteiger partial charge in [0.15, 0.2) is 0 Å². The van der Waals surface area contributed by atoms with Gasteiger partial charge < -0.3 is 9.64 Å². The van der Waals surface area contributed by atoms with Gasteiger partial charge in [0.2, 0.25) is 11.5 Å². The van der Waals surface area contributed by atoms with Crippen LogP contribution in [0.4, 0.5) is 26.7 Å². The van der Waals surface area contributed by atoms with Gasteiger partial charge in [0.05, 0.1) is 11.4 Å². The molecule has 0 N–H and O–H groups in total. The lowest BCUT2D eigenvalue weighted by molar-refractivity contribution is -0.187. The van der Waals surface area contributed by atoms with Gasteiger partial charge in [0, 0.05) is 24.1 Å². The molecule has 2 heterocycles. The van der Waals surface area contributed by atoms with Crippen molar-refractivity contribution in [1.82, 2.24) is 14.8 Å². The van der Waals surface area contributed by atoms with Crippen LogP contribution in [0.5, 0.6) is 0 Å². The average molecular weight is 574 g/mol. The second-order valence-electron chi connectivity index (χ2n) is 10.1. The molecule has 0 radical (unpaired) electrons. The summed E-state index contributed by atoms with van der Waals surface area (Å²) in [6, 6.07) is 10.2. The number of alkyl halides is 3. The van der Waals surface area contributed by atoms with Gasteiger partial charge in [-0.15, -0.1) is 0 Å². The van der Waals surface area contributed by atoms with Crippen LogP contribution >= 0.6 is 0 Å². The Labute approximate surface area is 231 Å². The van der Waals surface area contributed by atoms with Crippen LogP contribution in [0.1, 0.15) is 35.7 Å². The van der Waals surface area contributed by atoms with E-state index in [9.17, 15) is 36.3 Å². The minimum atomic E-state index is -4.80. The molecule has 1 unspecified atom stereocenters. The van der Waals surface area contributed by atoms with Crippen LogP contribution < -0.4 is 0 Å². The van der Waals surface area contributed by atoms with Crippen LogP contribution in [0, 0.1) is 18.6 Å². The van der Waals surface area contributed by atoms with E-state index in [1.807, 2.05) is 0 Å². The number of imide groups is 1. The van der Waals surface area contributed by atoms with E-state index in [-0.39, 0.29) is 17.7 Å². The Balaban J connectivity index is 1.39. The predicted molar refractivity (Wildman–Crippen MR) is 135 cm³/mol. The normalized spacial score (nSPS) is 19.0. The number of amides is 3. The first-order chi connectivity index (χ1) is 19.3. The topological polar surface area (TPSA) is 79.8 Å². The highest BCUT2D eigenvalue weighted by atomic mass is 19.4. The maximum absolute atomic E-state index is 13.7. The maximum atomic E-state index is 13.7. The van der Waals surface area contributed by atoms with Crippen molar-refractivity contribution in [3.8, 4) is 11.3 Å². The van der Waals surface area contributed by atoms with E-state index in [0.29, 0.717) is 38.6 Å². The fourth-order valence-electron chi connectivity index (χ4n) is 5.15. The highest BCUT2D eigenvalue weighted by molar-refractivity contribution is 6.06. The van der Waals surface area contributed by atoms with Gasteiger partial charge in [-0.3, -0.25) is 14.6 Å². The van der Waals surface area contributed by atoms with Crippen molar-refractivity contribution < 1.29 is 41.1 Å². The van der Waals surface area contributed by atoms with Crippen molar-refractivity contribution in [2.75, 3.05) is 6.54 Å². The monoisotopic (exact) mass is 573 g/mol. The summed E-state index contributed by atoms with van der Waals surface area (Å²) < 4.78 is 73.4. The standard InChI is InChI=1S/C29H24F5N3O4/c1-16-23(31)9-10-24(35-16)20-5-8-22-19(13-20)11-12-28(22)26(39)37(27(40)41-28)15-25(38)36(17(2)29(32,33)34)14-18-3-6-21(30)7-4-18/h3-10,13,17H,11-12,14-15H2,1-2H3/t17?,28-/m1/s1. The number of aryl methyl sites for hydroxylation is 2. The number of nitrogens with zero attached hydrogens (tertiary/aromatic N) is 3. The minimum absolute atomic E-state index is 0.0785. The SMILES string of the molecule is Cc1nc(-c2ccc3c(c2)CC[C@@]32OC(=O)N(CC(=O)N(Cc3ccc(F)cc3)C(C)C(F)(F)F)C2=O)ccc1F. The summed E-state index contributed by atoms with van der Waals surface area (Å²) in [5.41, 5.74) is 0.987. The van der Waals surface area contributed by atoms with Crippen LogP contribution in [0.2, 0.25) is 0 Å². The molecule has 12 heteroatoms. The number of carbonyl (C=O) groups excluding carboxylic acids is 3. The summed E-state index contributed by atoms with van der Waals surface area (Å²) >= 11 is 0. The van der Waals surface area contributed by atoms with Gasteiger partial charge in [0.25, 0.3) is 5.91 Å². The molecule has 214 valence electrons. The molecule has 1 aliphatic carbocycles. The Kier molecular flexibility index (Phi) is 7.04. The number of hydrogen-bond acceptors (Lipinski definition) is 5. The molecular formula is C29H24F5N3O4. The molecule has 1 aromatic heterocycles. The van der Waals surface area contributed by atoms with Crippen molar-refractivity contribution in [2.45, 2.75) is 51.1 Å². The lowest BCUT2D eigenvalue weighted by Gasteiger charge is -2.31. The average Bonchev–Trinajstić information content (AvgIpc) is 3.40. The second-order valence-corrected chi connectivity index (χ2v) is 10.1. The van der Waals surface area contributed by atoms with Gasteiger partial charge in [0.1, 0.15) is 24.2 Å². The lowest BCUT2D eigenvalue weighted by Crippen LogP contribution is -2.51. The molecule has 2 atom stereocenters. The third-order valence-electron chi connectivity index (χ3n) is 7.50. The summed E-state index contributed by atoms with van der Waals surface area (Å²) in [5.74, 6) is -3.03. The summed E-state index contributed by atoms with van der Waals surface area (Å²) in [5, 5.41) is 0. The fraction of sp³-hybridized carbons (Fsp3) is 0.310. The smallest absolute Gasteiger partial charge is 0.418 e. The number of carbonyl (C=O) groups is 3. The zero-order chi connectivity index (χ0) is 29.7. The maximum Gasteiger partial charge on any atom is 0.418 e. The zero-order valence-electron chi connectivity index (χ0n) is 22.0. The first-order valence-corrected chi connectivity index (χ1v) is 12.7. The van der Waals surface area contributed by atoms with E-state index >= 15 is 0 Å². The predicted octanol–water partition coefficient (Wildman–Crippen LogP) is 5.44. The minimum Gasteiger partial charge on any atom is -0.427 e. The number of fused-ring (bicyclic) bond motifs is 2. The van der Waals surface area contributed by atoms with Crippen molar-refractivity contribution in [2.24, 2.45) is 0 Å². The number of ether oxygens (including phenoxy) is 1. The largest absolute Gasteiger partial charge is 0.427 e. The highest BCUT2D eigenvalue weighted by Crippen LogP contribution is 2.46. The molecule has 5 rings (SSSR count). The van der Waals surface area contributed by atoms with Crippen LogP contribution in [-0.2, 0) is 32.9 Å². The van der Waals surface area contributed by atoms with Gasteiger partial charge >= 0.3 is 12.3 Å². The van der Waals surface area contributed by atoms with Gasteiger partial charge in [-0.05, 0) is 61.7 Å². The molecule has 1 saturated heterocycles. The second kappa shape index (κ2) is 10.2. The highest BCUT2D eigenvalue weighted by Gasteiger charge is 2.58. The summed E-state index contributed by atoms with van der Waals surface area (Å²) in [4.78, 5) is 44.8. The Hall–Kier alpha value is -4.35. The number of rotatable bonds is 6. The molecule has 2 aliphatic rings. The van der Waals surface area contributed by atoms with Crippen LogP contribution in [0.3, 0.4) is 0 Å². The molecule has 7 nitrogen and oxygen atoms in total. The lowest BCUT2D eigenvalue weighted by atomic mass is 9.93. The van der Waals surface area contributed by atoms with E-state index in [1.165, 1.54) is 31.2 Å². The molecule has 0 bridgehead atoms. The number of pyridine rings is 1. The Morgan fingerprint density at radius 3 is 2.46 bits per heavy atom. The summed E-state index contributed by atoms with van der Waals surface area (Å²) in [6.07, 6.45) is -5.52.